The van der Waals surface area contributed by atoms with Gasteiger partial charge < -0.3 is 14.2 Å². The van der Waals surface area contributed by atoms with Crippen LogP contribution in [0.4, 0.5) is 0 Å². The van der Waals surface area contributed by atoms with E-state index in [-0.39, 0.29) is 11.9 Å². The highest BCUT2D eigenvalue weighted by molar-refractivity contribution is 5.80. The van der Waals surface area contributed by atoms with Gasteiger partial charge in [-0.1, -0.05) is 37.3 Å². The third kappa shape index (κ3) is 5.96. The fraction of sp³-hybridized carbons (Fsp3) is 0.560. The summed E-state index contributed by atoms with van der Waals surface area (Å²) in [5.74, 6) is 0.948. The summed E-state index contributed by atoms with van der Waals surface area (Å²) in [6.07, 6.45) is 9.16. The Bertz CT molecular complexity index is 849. The van der Waals surface area contributed by atoms with Gasteiger partial charge in [-0.15, -0.1) is 0 Å². The largest absolute Gasteiger partial charge is 0.466 e. The molecule has 6 nitrogen and oxygen atoms in total. The minimum atomic E-state index is -0.595. The molecule has 31 heavy (non-hydrogen) atoms. The summed E-state index contributed by atoms with van der Waals surface area (Å²) in [5.41, 5.74) is 0.680. The molecule has 0 unspecified atom stereocenters. The molecule has 0 aliphatic carbocycles. The number of rotatable bonds is 10. The molecule has 1 aliphatic rings. The highest BCUT2D eigenvalue weighted by Crippen LogP contribution is 2.37. The van der Waals surface area contributed by atoms with Crippen molar-refractivity contribution in [3.05, 3.63) is 54.1 Å². The van der Waals surface area contributed by atoms with E-state index in [1.54, 1.807) is 6.20 Å². The van der Waals surface area contributed by atoms with Crippen molar-refractivity contribution in [2.45, 2.75) is 65.3 Å². The smallest absolute Gasteiger partial charge is 0.313 e. The van der Waals surface area contributed by atoms with E-state index in [9.17, 15) is 9.59 Å². The number of amides is 1. The highest BCUT2D eigenvalue weighted by Gasteiger charge is 2.44. The lowest BCUT2D eigenvalue weighted by atomic mass is 9.75. The maximum absolute atomic E-state index is 13.0. The van der Waals surface area contributed by atoms with Crippen LogP contribution in [0.3, 0.4) is 0 Å². The Labute approximate surface area is 185 Å². The van der Waals surface area contributed by atoms with Crippen LogP contribution >= 0.6 is 0 Å². The number of ether oxygens (including phenoxy) is 1. The van der Waals surface area contributed by atoms with Crippen molar-refractivity contribution in [3.63, 3.8) is 0 Å². The topological polar surface area (TPSA) is 64.4 Å². The molecule has 1 aromatic heterocycles. The molecule has 1 fully saturated rings. The van der Waals surface area contributed by atoms with E-state index in [0.29, 0.717) is 32.7 Å². The lowest BCUT2D eigenvalue weighted by Crippen LogP contribution is -2.50. The number of aromatic nitrogens is 2. The Kier molecular flexibility index (Phi) is 8.27. The van der Waals surface area contributed by atoms with Gasteiger partial charge in [0.25, 0.3) is 0 Å². The minimum Gasteiger partial charge on any atom is -0.466 e. The first-order valence-electron chi connectivity index (χ1n) is 11.6. The molecule has 3 rings (SSSR count). The van der Waals surface area contributed by atoms with Gasteiger partial charge in [0, 0.05) is 44.9 Å². The molecule has 1 amide bonds. The summed E-state index contributed by atoms with van der Waals surface area (Å²) < 4.78 is 7.52. The first-order chi connectivity index (χ1) is 15.1. The number of hydrogen-bond donors (Lipinski definition) is 0. The molecule has 0 saturated carbocycles. The normalized spacial score (nSPS) is 18.7. The number of carbonyl (C=O) groups is 2. The molecule has 0 bridgehead atoms. The van der Waals surface area contributed by atoms with Crippen LogP contribution in [-0.2, 0) is 33.7 Å². The molecule has 2 heterocycles. The summed E-state index contributed by atoms with van der Waals surface area (Å²) in [4.78, 5) is 32.2. The second-order valence-corrected chi connectivity index (χ2v) is 8.40. The monoisotopic (exact) mass is 425 g/mol. The standard InChI is InChI=1S/C25H35N3O3/c1-3-22-26-16-19-27(22)18-13-23(29)28-17-9-15-25(20-28,24(30)31-4-2)14-8-12-21-10-6-5-7-11-21/h5-7,10-11,16,19H,3-4,8-9,12-15,17-18,20H2,1-2H3/t25-/m0/s1. The van der Waals surface area contributed by atoms with Crippen molar-refractivity contribution in [2.75, 3.05) is 19.7 Å². The summed E-state index contributed by atoms with van der Waals surface area (Å²) >= 11 is 0. The number of esters is 1. The van der Waals surface area contributed by atoms with E-state index in [1.807, 2.05) is 40.8 Å². The molecule has 1 atom stereocenters. The van der Waals surface area contributed by atoms with Gasteiger partial charge in [0.15, 0.2) is 0 Å². The molecular formula is C25H35N3O3. The van der Waals surface area contributed by atoms with Gasteiger partial charge in [-0.05, 0) is 44.6 Å². The van der Waals surface area contributed by atoms with E-state index in [2.05, 4.69) is 24.0 Å². The van der Waals surface area contributed by atoms with Gasteiger partial charge in [0.1, 0.15) is 5.82 Å². The van der Waals surface area contributed by atoms with Crippen LogP contribution in [0.15, 0.2) is 42.7 Å². The van der Waals surface area contributed by atoms with E-state index in [4.69, 9.17) is 4.74 Å². The highest BCUT2D eigenvalue weighted by atomic mass is 16.5. The molecule has 1 aromatic carbocycles. The lowest BCUT2D eigenvalue weighted by molar-refractivity contribution is -0.161. The molecule has 1 saturated heterocycles. The van der Waals surface area contributed by atoms with Crippen molar-refractivity contribution in [3.8, 4) is 0 Å². The van der Waals surface area contributed by atoms with Gasteiger partial charge in [-0.25, -0.2) is 4.98 Å². The number of hydrogen-bond acceptors (Lipinski definition) is 4. The number of nitrogens with zero attached hydrogens (tertiary/aromatic N) is 3. The summed E-state index contributed by atoms with van der Waals surface area (Å²) in [6, 6.07) is 10.3. The van der Waals surface area contributed by atoms with Crippen LogP contribution in [0, 0.1) is 5.41 Å². The summed E-state index contributed by atoms with van der Waals surface area (Å²) in [6.45, 7) is 6.08. The zero-order valence-corrected chi connectivity index (χ0v) is 18.9. The van der Waals surface area contributed by atoms with Gasteiger partial charge in [0.05, 0.1) is 12.0 Å². The van der Waals surface area contributed by atoms with Crippen molar-refractivity contribution in [1.29, 1.82) is 0 Å². The number of imidazole rings is 1. The molecule has 6 heteroatoms. The Morgan fingerprint density at radius 3 is 2.74 bits per heavy atom. The Hall–Kier alpha value is -2.63. The summed E-state index contributed by atoms with van der Waals surface area (Å²) in [5, 5.41) is 0. The molecule has 0 radical (unpaired) electrons. The van der Waals surface area contributed by atoms with Gasteiger partial charge in [0.2, 0.25) is 5.91 Å². The zero-order chi connectivity index (χ0) is 22.1. The minimum absolute atomic E-state index is 0.104. The van der Waals surface area contributed by atoms with Crippen LogP contribution in [-0.4, -0.2) is 46.0 Å². The second-order valence-electron chi connectivity index (χ2n) is 8.40. The molecule has 0 N–H and O–H groups in total. The SMILES string of the molecule is CCOC(=O)[C@@]1(CCCc2ccccc2)CCCN(C(=O)CCn2ccnc2CC)C1. The van der Waals surface area contributed by atoms with Crippen molar-refractivity contribution in [2.24, 2.45) is 5.41 Å². The Balaban J connectivity index is 1.63. The summed E-state index contributed by atoms with van der Waals surface area (Å²) in [7, 11) is 0. The number of benzene rings is 1. The number of aryl methyl sites for hydroxylation is 3. The lowest BCUT2D eigenvalue weighted by Gasteiger charge is -2.41. The van der Waals surface area contributed by atoms with Gasteiger partial charge >= 0.3 is 5.97 Å². The van der Waals surface area contributed by atoms with E-state index >= 15 is 0 Å². The predicted octanol–water partition coefficient (Wildman–Crippen LogP) is 4.03. The van der Waals surface area contributed by atoms with Crippen LogP contribution < -0.4 is 0 Å². The molecule has 1 aliphatic heterocycles. The first-order valence-corrected chi connectivity index (χ1v) is 11.6. The molecular weight excluding hydrogens is 390 g/mol. The fourth-order valence-corrected chi connectivity index (χ4v) is 4.61. The third-order valence-corrected chi connectivity index (χ3v) is 6.29. The first kappa shape index (κ1) is 23.0. The number of likely N-dealkylation sites (tertiary alicyclic amines) is 1. The van der Waals surface area contributed by atoms with E-state index < -0.39 is 5.41 Å². The Morgan fingerprint density at radius 2 is 2.00 bits per heavy atom. The second kappa shape index (κ2) is 11.1. The van der Waals surface area contributed by atoms with E-state index in [1.165, 1.54) is 5.56 Å². The van der Waals surface area contributed by atoms with E-state index in [0.717, 1.165) is 44.3 Å². The third-order valence-electron chi connectivity index (χ3n) is 6.29. The zero-order valence-electron chi connectivity index (χ0n) is 18.9. The van der Waals surface area contributed by atoms with Crippen LogP contribution in [0.2, 0.25) is 0 Å². The Morgan fingerprint density at radius 1 is 1.19 bits per heavy atom. The number of piperidine rings is 1. The van der Waals surface area contributed by atoms with Gasteiger partial charge in [-0.2, -0.15) is 0 Å². The van der Waals surface area contributed by atoms with Crippen LogP contribution in [0.1, 0.15) is 57.3 Å². The molecule has 0 spiro atoms. The van der Waals surface area contributed by atoms with Gasteiger partial charge in [-0.3, -0.25) is 9.59 Å². The predicted molar refractivity (Wildman–Crippen MR) is 120 cm³/mol. The fourth-order valence-electron chi connectivity index (χ4n) is 4.61. The molecule has 2 aromatic rings. The van der Waals surface area contributed by atoms with Crippen LogP contribution in [0.25, 0.3) is 0 Å². The van der Waals surface area contributed by atoms with Crippen molar-refractivity contribution < 1.29 is 14.3 Å². The quantitative estimate of drug-likeness (QED) is 0.539. The average Bonchev–Trinajstić information content (AvgIpc) is 3.26. The maximum Gasteiger partial charge on any atom is 0.313 e. The van der Waals surface area contributed by atoms with Crippen molar-refractivity contribution in [1.82, 2.24) is 14.5 Å². The average molecular weight is 426 g/mol. The van der Waals surface area contributed by atoms with Crippen LogP contribution in [0.5, 0.6) is 0 Å². The maximum atomic E-state index is 13.0. The molecule has 168 valence electrons. The van der Waals surface area contributed by atoms with Crippen molar-refractivity contribution >= 4 is 11.9 Å². The number of carbonyl (C=O) groups excluding carboxylic acids is 2.